The number of carbonyl (C=O) groups is 2. The number of hydrogen-bond donors (Lipinski definition) is 2. The van der Waals surface area contributed by atoms with Gasteiger partial charge in [0.25, 0.3) is 0 Å². The second-order valence-electron chi connectivity index (χ2n) is 11.7. The molecule has 260 valence electrons. The summed E-state index contributed by atoms with van der Waals surface area (Å²) in [5.41, 5.74) is 5.31. The van der Waals surface area contributed by atoms with Crippen LogP contribution in [0.15, 0.2) is 12.2 Å². The molecule has 44 heavy (non-hydrogen) atoms. The molecule has 0 aromatic carbocycles. The Labute approximate surface area is 269 Å². The van der Waals surface area contributed by atoms with Gasteiger partial charge in [0.05, 0.1) is 13.2 Å². The molecule has 0 radical (unpaired) electrons. The third-order valence-corrected chi connectivity index (χ3v) is 8.39. The number of hydrogen-bond acceptors (Lipinski definition) is 8. The maximum absolute atomic E-state index is 12.5. The number of ether oxygens (including phenoxy) is 2. The number of esters is 2. The summed E-state index contributed by atoms with van der Waals surface area (Å²) in [7, 11) is -4.36. The smallest absolute Gasteiger partial charge is 0.462 e. The van der Waals surface area contributed by atoms with Crippen LogP contribution < -0.4 is 5.73 Å². The molecule has 0 bridgehead atoms. The molecule has 0 saturated carbocycles. The zero-order valence-corrected chi connectivity index (χ0v) is 29.0. The summed E-state index contributed by atoms with van der Waals surface area (Å²) in [6.45, 7) is 3.67. The minimum Gasteiger partial charge on any atom is -0.462 e. The van der Waals surface area contributed by atoms with E-state index in [-0.39, 0.29) is 38.6 Å². The highest BCUT2D eigenvalue weighted by molar-refractivity contribution is 7.47. The fourth-order valence-electron chi connectivity index (χ4n) is 4.74. The first-order chi connectivity index (χ1) is 21.3. The average molecular weight is 648 g/mol. The van der Waals surface area contributed by atoms with E-state index in [1.165, 1.54) is 77.0 Å². The summed E-state index contributed by atoms with van der Waals surface area (Å²) in [5.74, 6) is -0.839. The molecular formula is C34H66NO8P. The highest BCUT2D eigenvalue weighted by Gasteiger charge is 2.25. The molecule has 2 atom stereocenters. The minimum atomic E-state index is -4.36. The monoisotopic (exact) mass is 647 g/mol. The number of phosphoric acid groups is 1. The first kappa shape index (κ1) is 42.8. The summed E-state index contributed by atoms with van der Waals surface area (Å²) in [6.07, 6.45) is 28.2. The quantitative estimate of drug-likeness (QED) is 0.0309. The third-order valence-electron chi connectivity index (χ3n) is 7.40. The van der Waals surface area contributed by atoms with Crippen molar-refractivity contribution in [3.05, 3.63) is 12.2 Å². The molecule has 0 aromatic rings. The lowest BCUT2D eigenvalue weighted by Crippen LogP contribution is -2.29. The van der Waals surface area contributed by atoms with Gasteiger partial charge < -0.3 is 20.1 Å². The number of unbranched alkanes of at least 4 members (excludes halogenated alkanes) is 18. The van der Waals surface area contributed by atoms with Gasteiger partial charge in [0.15, 0.2) is 6.10 Å². The van der Waals surface area contributed by atoms with Gasteiger partial charge >= 0.3 is 19.8 Å². The molecule has 0 heterocycles. The number of phosphoric ester groups is 1. The first-order valence-corrected chi connectivity index (χ1v) is 19.2. The van der Waals surface area contributed by atoms with Crippen molar-refractivity contribution in [1.82, 2.24) is 0 Å². The molecule has 0 aliphatic heterocycles. The van der Waals surface area contributed by atoms with Crippen molar-refractivity contribution < 1.29 is 37.6 Å². The van der Waals surface area contributed by atoms with Gasteiger partial charge in [-0.15, -0.1) is 0 Å². The standard InChI is InChI=1S/C34H66NO8P/c1-3-5-7-9-11-13-14-15-16-17-19-21-23-25-27-34(37)43-32(31-42-44(38,39)41-29-28-35)30-40-33(36)26-24-22-20-18-12-10-8-6-4-2/h14-15,32H,3-13,16-31,35H2,1-2H3,(H,38,39)/b15-14-. The predicted octanol–water partition coefficient (Wildman–Crippen LogP) is 9.10. The molecular weight excluding hydrogens is 581 g/mol. The van der Waals surface area contributed by atoms with Gasteiger partial charge in [-0.05, 0) is 38.5 Å². The van der Waals surface area contributed by atoms with E-state index in [0.717, 1.165) is 51.4 Å². The third kappa shape index (κ3) is 30.8. The fraction of sp³-hybridized carbons (Fsp3) is 0.882. The van der Waals surface area contributed by atoms with Crippen LogP contribution in [0.2, 0.25) is 0 Å². The number of carbonyl (C=O) groups excluding carboxylic acids is 2. The Morgan fingerprint density at radius 1 is 0.659 bits per heavy atom. The van der Waals surface area contributed by atoms with Gasteiger partial charge in [-0.2, -0.15) is 0 Å². The molecule has 0 saturated heterocycles. The molecule has 0 spiro atoms. The SMILES string of the molecule is CCCCCCC/C=C\CCCCCCCC(=O)OC(COC(=O)CCCCCCCCCCC)COP(=O)(O)OCCN. The maximum atomic E-state index is 12.5. The molecule has 0 fully saturated rings. The van der Waals surface area contributed by atoms with Crippen LogP contribution in [0.4, 0.5) is 0 Å². The number of rotatable bonds is 33. The Kier molecular flexibility index (Phi) is 30.8. The summed E-state index contributed by atoms with van der Waals surface area (Å²) in [6, 6.07) is 0. The lowest BCUT2D eigenvalue weighted by atomic mass is 10.1. The van der Waals surface area contributed by atoms with Crippen molar-refractivity contribution in [3.8, 4) is 0 Å². The summed E-state index contributed by atoms with van der Waals surface area (Å²) in [5, 5.41) is 0. The van der Waals surface area contributed by atoms with Crippen LogP contribution in [-0.4, -0.2) is 49.3 Å². The highest BCUT2D eigenvalue weighted by atomic mass is 31.2. The molecule has 0 aromatic heterocycles. The zero-order valence-electron chi connectivity index (χ0n) is 28.2. The van der Waals surface area contributed by atoms with E-state index < -0.39 is 26.5 Å². The Hall–Kier alpha value is -1.25. The molecule has 9 nitrogen and oxygen atoms in total. The van der Waals surface area contributed by atoms with Crippen LogP contribution in [0.5, 0.6) is 0 Å². The Morgan fingerprint density at radius 2 is 1.11 bits per heavy atom. The van der Waals surface area contributed by atoms with E-state index >= 15 is 0 Å². The average Bonchev–Trinajstić information content (AvgIpc) is 3.00. The van der Waals surface area contributed by atoms with Crippen LogP contribution in [-0.2, 0) is 32.7 Å². The summed E-state index contributed by atoms with van der Waals surface area (Å²) < 4.78 is 32.5. The number of nitrogens with two attached hydrogens (primary N) is 1. The topological polar surface area (TPSA) is 134 Å². The lowest BCUT2D eigenvalue weighted by Gasteiger charge is -2.19. The predicted molar refractivity (Wildman–Crippen MR) is 178 cm³/mol. The van der Waals surface area contributed by atoms with E-state index in [1.54, 1.807) is 0 Å². The van der Waals surface area contributed by atoms with Crippen molar-refractivity contribution >= 4 is 19.8 Å². The Balaban J connectivity index is 4.26. The second kappa shape index (κ2) is 31.7. The van der Waals surface area contributed by atoms with E-state index in [9.17, 15) is 19.0 Å². The second-order valence-corrected chi connectivity index (χ2v) is 13.2. The highest BCUT2D eigenvalue weighted by Crippen LogP contribution is 2.43. The molecule has 2 unspecified atom stereocenters. The van der Waals surface area contributed by atoms with Gasteiger partial charge in [0.2, 0.25) is 0 Å². The Morgan fingerprint density at radius 3 is 1.61 bits per heavy atom. The van der Waals surface area contributed by atoms with Gasteiger partial charge in [0, 0.05) is 19.4 Å². The van der Waals surface area contributed by atoms with E-state index in [2.05, 4.69) is 26.0 Å². The van der Waals surface area contributed by atoms with Crippen LogP contribution in [0.1, 0.15) is 162 Å². The molecule has 10 heteroatoms. The molecule has 0 aliphatic carbocycles. The first-order valence-electron chi connectivity index (χ1n) is 17.7. The van der Waals surface area contributed by atoms with Crippen LogP contribution in [0.3, 0.4) is 0 Å². The van der Waals surface area contributed by atoms with E-state index in [4.69, 9.17) is 24.3 Å². The van der Waals surface area contributed by atoms with Crippen LogP contribution >= 0.6 is 7.82 Å². The Bertz CT molecular complexity index is 749. The lowest BCUT2D eigenvalue weighted by molar-refractivity contribution is -0.161. The minimum absolute atomic E-state index is 0.0543. The molecule has 0 amide bonds. The van der Waals surface area contributed by atoms with E-state index in [0.29, 0.717) is 6.42 Å². The van der Waals surface area contributed by atoms with Crippen molar-refractivity contribution in [2.45, 2.75) is 168 Å². The van der Waals surface area contributed by atoms with Crippen molar-refractivity contribution in [3.63, 3.8) is 0 Å². The van der Waals surface area contributed by atoms with Gasteiger partial charge in [0.1, 0.15) is 6.61 Å². The van der Waals surface area contributed by atoms with Crippen LogP contribution in [0, 0.1) is 0 Å². The van der Waals surface area contributed by atoms with Crippen molar-refractivity contribution in [2.75, 3.05) is 26.4 Å². The van der Waals surface area contributed by atoms with Crippen LogP contribution in [0.25, 0.3) is 0 Å². The van der Waals surface area contributed by atoms with Gasteiger partial charge in [-0.25, -0.2) is 4.57 Å². The zero-order chi connectivity index (χ0) is 32.6. The van der Waals surface area contributed by atoms with Gasteiger partial charge in [-0.1, -0.05) is 122 Å². The van der Waals surface area contributed by atoms with Gasteiger partial charge in [-0.3, -0.25) is 18.6 Å². The van der Waals surface area contributed by atoms with E-state index in [1.807, 2.05) is 0 Å². The summed E-state index contributed by atoms with van der Waals surface area (Å²) in [4.78, 5) is 34.5. The van der Waals surface area contributed by atoms with Crippen molar-refractivity contribution in [1.29, 1.82) is 0 Å². The molecule has 3 N–H and O–H groups in total. The normalized spacial score (nSPS) is 13.6. The summed E-state index contributed by atoms with van der Waals surface area (Å²) >= 11 is 0. The number of allylic oxidation sites excluding steroid dienone is 2. The fourth-order valence-corrected chi connectivity index (χ4v) is 5.51. The largest absolute Gasteiger partial charge is 0.472 e. The van der Waals surface area contributed by atoms with Crippen molar-refractivity contribution in [2.24, 2.45) is 5.73 Å². The maximum Gasteiger partial charge on any atom is 0.472 e. The molecule has 0 aliphatic rings. The molecule has 0 rings (SSSR count).